The highest BCUT2D eigenvalue weighted by Gasteiger charge is 2.07. The Balaban J connectivity index is 3.24. The number of aliphatic hydroxyl groups is 1. The van der Waals surface area contributed by atoms with Crippen molar-refractivity contribution >= 4 is 5.91 Å². The molecule has 0 bridgehead atoms. The van der Waals surface area contributed by atoms with Gasteiger partial charge in [0.25, 0.3) is 0 Å². The molecule has 2 N–H and O–H groups in total. The van der Waals surface area contributed by atoms with Gasteiger partial charge in [0.15, 0.2) is 0 Å². The number of nitrogens with one attached hydrogen (secondary N) is 1. The van der Waals surface area contributed by atoms with E-state index >= 15 is 0 Å². The molecule has 0 fully saturated rings. The Morgan fingerprint density at radius 2 is 1.52 bits per heavy atom. The molecule has 0 radical (unpaired) electrons. The second kappa shape index (κ2) is 15.8. The number of carbonyl (C=O) groups is 1. The summed E-state index contributed by atoms with van der Waals surface area (Å²) in [5, 5.41) is 11.8. The molecule has 0 saturated carbocycles. The molecule has 0 aromatic heterocycles. The van der Waals surface area contributed by atoms with Crippen molar-refractivity contribution in [3.05, 3.63) is 0 Å². The van der Waals surface area contributed by atoms with Gasteiger partial charge in [-0.2, -0.15) is 0 Å². The first-order valence-electron chi connectivity index (χ1n) is 8.67. The maximum atomic E-state index is 10.8. The van der Waals surface area contributed by atoms with E-state index in [0.717, 1.165) is 6.42 Å². The molecule has 4 nitrogen and oxygen atoms in total. The van der Waals surface area contributed by atoms with Crippen molar-refractivity contribution in [2.75, 3.05) is 19.8 Å². The maximum Gasteiger partial charge on any atom is 0.216 e. The average molecular weight is 301 g/mol. The largest absolute Gasteiger partial charge is 0.394 e. The minimum atomic E-state index is -0.271. The minimum absolute atomic E-state index is 0.0436. The lowest BCUT2D eigenvalue weighted by Crippen LogP contribution is -2.34. The van der Waals surface area contributed by atoms with Crippen molar-refractivity contribution in [2.24, 2.45) is 0 Å². The van der Waals surface area contributed by atoms with Gasteiger partial charge in [-0.1, -0.05) is 64.7 Å². The highest BCUT2D eigenvalue weighted by Crippen LogP contribution is 2.10. The molecule has 126 valence electrons. The minimum Gasteiger partial charge on any atom is -0.394 e. The highest BCUT2D eigenvalue weighted by atomic mass is 16.5. The van der Waals surface area contributed by atoms with E-state index in [4.69, 9.17) is 9.84 Å². The fourth-order valence-corrected chi connectivity index (χ4v) is 2.27. The Kier molecular flexibility index (Phi) is 15.3. The molecule has 0 unspecified atom stereocenters. The van der Waals surface area contributed by atoms with Crippen LogP contribution < -0.4 is 5.32 Å². The van der Waals surface area contributed by atoms with E-state index in [9.17, 15) is 4.79 Å². The predicted octanol–water partition coefficient (Wildman–Crippen LogP) is 3.42. The van der Waals surface area contributed by atoms with Gasteiger partial charge in [0, 0.05) is 20.1 Å². The molecule has 1 amide bonds. The van der Waals surface area contributed by atoms with Gasteiger partial charge in [-0.05, 0) is 6.42 Å². The molecule has 0 aliphatic rings. The number of rotatable bonds is 15. The Bertz CT molecular complexity index is 234. The van der Waals surface area contributed by atoms with E-state index in [-0.39, 0.29) is 18.6 Å². The second-order valence-electron chi connectivity index (χ2n) is 5.79. The molecule has 1 atom stereocenters. The van der Waals surface area contributed by atoms with Crippen LogP contribution >= 0.6 is 0 Å². The van der Waals surface area contributed by atoms with Crippen molar-refractivity contribution in [3.63, 3.8) is 0 Å². The van der Waals surface area contributed by atoms with E-state index in [2.05, 4.69) is 12.2 Å². The van der Waals surface area contributed by atoms with Crippen molar-refractivity contribution in [1.29, 1.82) is 0 Å². The van der Waals surface area contributed by atoms with Crippen LogP contribution in [0.2, 0.25) is 0 Å². The third-order valence-electron chi connectivity index (χ3n) is 3.63. The quantitative estimate of drug-likeness (QED) is 0.456. The molecule has 0 rings (SSSR count). The second-order valence-corrected chi connectivity index (χ2v) is 5.79. The third kappa shape index (κ3) is 15.6. The summed E-state index contributed by atoms with van der Waals surface area (Å²) in [6.07, 6.45) is 12.7. The van der Waals surface area contributed by atoms with E-state index in [1.807, 2.05) is 0 Å². The zero-order valence-electron chi connectivity index (χ0n) is 14.0. The standard InChI is InChI=1S/C17H35NO3/c1-3-4-5-6-7-8-9-10-11-12-13-21-17(15-19)14-18-16(2)20/h17,19H,3-15H2,1-2H3,(H,18,20)/t17-/m0/s1. The summed E-state index contributed by atoms with van der Waals surface area (Å²) in [7, 11) is 0. The molecule has 0 saturated heterocycles. The van der Waals surface area contributed by atoms with Gasteiger partial charge in [0.1, 0.15) is 0 Å². The van der Waals surface area contributed by atoms with Gasteiger partial charge in [-0.25, -0.2) is 0 Å². The number of hydrogen-bond acceptors (Lipinski definition) is 3. The first-order chi connectivity index (χ1) is 10.2. The van der Waals surface area contributed by atoms with E-state index < -0.39 is 0 Å². The topological polar surface area (TPSA) is 58.6 Å². The monoisotopic (exact) mass is 301 g/mol. The first-order valence-corrected chi connectivity index (χ1v) is 8.67. The lowest BCUT2D eigenvalue weighted by molar-refractivity contribution is -0.119. The molecule has 4 heteroatoms. The molecule has 0 spiro atoms. The number of aliphatic hydroxyl groups excluding tert-OH is 1. The van der Waals surface area contributed by atoms with Crippen LogP contribution in [0, 0.1) is 0 Å². The number of carbonyl (C=O) groups excluding carboxylic acids is 1. The van der Waals surface area contributed by atoms with Crippen LogP contribution in [0.5, 0.6) is 0 Å². The van der Waals surface area contributed by atoms with Gasteiger partial charge in [0.05, 0.1) is 12.7 Å². The molecule has 0 aliphatic heterocycles. The number of hydrogen-bond donors (Lipinski definition) is 2. The van der Waals surface area contributed by atoms with Gasteiger partial charge < -0.3 is 15.2 Å². The summed E-state index contributed by atoms with van der Waals surface area (Å²) >= 11 is 0. The maximum absolute atomic E-state index is 10.8. The number of amides is 1. The van der Waals surface area contributed by atoms with Crippen LogP contribution in [0.15, 0.2) is 0 Å². The summed E-state index contributed by atoms with van der Waals surface area (Å²) in [4.78, 5) is 10.8. The Morgan fingerprint density at radius 1 is 1.00 bits per heavy atom. The number of unbranched alkanes of at least 4 members (excludes halogenated alkanes) is 9. The molecular formula is C17H35NO3. The van der Waals surface area contributed by atoms with Gasteiger partial charge in [-0.3, -0.25) is 4.79 Å². The molecule has 21 heavy (non-hydrogen) atoms. The summed E-state index contributed by atoms with van der Waals surface area (Å²) < 4.78 is 5.55. The molecule has 0 aliphatic carbocycles. The lowest BCUT2D eigenvalue weighted by Gasteiger charge is -2.15. The molecule has 0 aromatic carbocycles. The normalized spacial score (nSPS) is 12.3. The smallest absolute Gasteiger partial charge is 0.216 e. The van der Waals surface area contributed by atoms with E-state index in [1.165, 1.54) is 64.7 Å². The fraction of sp³-hybridized carbons (Fsp3) is 0.941. The van der Waals surface area contributed by atoms with Crippen molar-refractivity contribution in [3.8, 4) is 0 Å². The summed E-state index contributed by atoms with van der Waals surface area (Å²) in [6.45, 7) is 4.74. The van der Waals surface area contributed by atoms with Crippen LogP contribution in [0.25, 0.3) is 0 Å². The highest BCUT2D eigenvalue weighted by molar-refractivity contribution is 5.72. The Morgan fingerprint density at radius 3 is 2.00 bits per heavy atom. The first kappa shape index (κ1) is 20.4. The zero-order valence-corrected chi connectivity index (χ0v) is 14.0. The lowest BCUT2D eigenvalue weighted by atomic mass is 10.1. The third-order valence-corrected chi connectivity index (χ3v) is 3.63. The van der Waals surface area contributed by atoms with Crippen molar-refractivity contribution in [2.45, 2.75) is 84.2 Å². The SMILES string of the molecule is CCCCCCCCCCCCO[C@H](CO)CNC(C)=O. The van der Waals surface area contributed by atoms with Crippen LogP contribution in [-0.4, -0.2) is 36.9 Å². The van der Waals surface area contributed by atoms with Crippen LogP contribution in [0.3, 0.4) is 0 Å². The summed E-state index contributed by atoms with van der Waals surface area (Å²) in [5.74, 6) is -0.0870. The average Bonchev–Trinajstić information content (AvgIpc) is 2.47. The fourth-order valence-electron chi connectivity index (χ4n) is 2.27. The van der Waals surface area contributed by atoms with E-state index in [0.29, 0.717) is 13.2 Å². The van der Waals surface area contributed by atoms with E-state index in [1.54, 1.807) is 0 Å². The van der Waals surface area contributed by atoms with Crippen molar-refractivity contribution in [1.82, 2.24) is 5.32 Å². The van der Waals surface area contributed by atoms with Crippen LogP contribution in [-0.2, 0) is 9.53 Å². The van der Waals surface area contributed by atoms with Gasteiger partial charge in [0.2, 0.25) is 5.91 Å². The summed E-state index contributed by atoms with van der Waals surface area (Å²) in [6, 6.07) is 0. The molecule has 0 heterocycles. The Hall–Kier alpha value is -0.610. The Labute approximate surface area is 130 Å². The van der Waals surface area contributed by atoms with Crippen LogP contribution in [0.1, 0.15) is 78.1 Å². The summed E-state index contributed by atoms with van der Waals surface area (Å²) in [5.41, 5.74) is 0. The van der Waals surface area contributed by atoms with Gasteiger partial charge >= 0.3 is 0 Å². The molecular weight excluding hydrogens is 266 g/mol. The van der Waals surface area contributed by atoms with Crippen LogP contribution in [0.4, 0.5) is 0 Å². The number of ether oxygens (including phenoxy) is 1. The van der Waals surface area contributed by atoms with Crippen molar-refractivity contribution < 1.29 is 14.6 Å². The predicted molar refractivity (Wildman–Crippen MR) is 87.4 cm³/mol. The zero-order chi connectivity index (χ0) is 15.8. The van der Waals surface area contributed by atoms with Gasteiger partial charge in [-0.15, -0.1) is 0 Å². The molecule has 0 aromatic rings.